The fourth-order valence-electron chi connectivity index (χ4n) is 3.74. The van der Waals surface area contributed by atoms with E-state index in [-0.39, 0.29) is 24.3 Å². The number of para-hydroxylation sites is 1. The lowest BCUT2D eigenvalue weighted by Gasteiger charge is -2.36. The Bertz CT molecular complexity index is 1180. The van der Waals surface area contributed by atoms with Gasteiger partial charge in [-0.3, -0.25) is 0 Å². The van der Waals surface area contributed by atoms with Gasteiger partial charge in [-0.05, 0) is 36.8 Å². The SMILES string of the molecule is C=CCOc1ccc([C@H]2CC(O)(C(=O)OCC)Oc3c2c(=O)oc2ccccc32)cc1. The molecule has 3 aromatic rings. The van der Waals surface area contributed by atoms with Crippen molar-refractivity contribution in [2.75, 3.05) is 13.2 Å². The maximum atomic E-state index is 12.9. The molecule has 1 aliphatic rings. The Kier molecular flexibility index (Phi) is 5.52. The van der Waals surface area contributed by atoms with Crippen LogP contribution in [0.3, 0.4) is 0 Å². The molecule has 7 nitrogen and oxygen atoms in total. The molecule has 1 aliphatic heterocycles. The Hall–Kier alpha value is -3.58. The van der Waals surface area contributed by atoms with Crippen LogP contribution in [0.4, 0.5) is 0 Å². The largest absolute Gasteiger partial charge is 0.490 e. The minimum atomic E-state index is -2.25. The smallest absolute Gasteiger partial charge is 0.379 e. The zero-order valence-electron chi connectivity index (χ0n) is 17.0. The lowest BCUT2D eigenvalue weighted by molar-refractivity contribution is -0.205. The van der Waals surface area contributed by atoms with Gasteiger partial charge in [0.15, 0.2) is 0 Å². The lowest BCUT2D eigenvalue weighted by Crippen LogP contribution is -2.50. The topological polar surface area (TPSA) is 95.2 Å². The maximum Gasteiger partial charge on any atom is 0.379 e. The number of aliphatic hydroxyl groups is 1. The number of hydrogen-bond acceptors (Lipinski definition) is 7. The van der Waals surface area contributed by atoms with Crippen molar-refractivity contribution >= 4 is 16.9 Å². The first-order valence-corrected chi connectivity index (χ1v) is 9.95. The quantitative estimate of drug-likeness (QED) is 0.369. The molecule has 0 spiro atoms. The summed E-state index contributed by atoms with van der Waals surface area (Å²) in [4.78, 5) is 25.5. The van der Waals surface area contributed by atoms with Crippen molar-refractivity contribution in [2.24, 2.45) is 0 Å². The van der Waals surface area contributed by atoms with Crippen molar-refractivity contribution in [1.29, 1.82) is 0 Å². The molecular weight excluding hydrogens is 400 g/mol. The van der Waals surface area contributed by atoms with Gasteiger partial charge in [0.1, 0.15) is 23.7 Å². The molecule has 2 heterocycles. The molecule has 1 aromatic heterocycles. The van der Waals surface area contributed by atoms with E-state index in [0.29, 0.717) is 28.9 Å². The minimum Gasteiger partial charge on any atom is -0.490 e. The summed E-state index contributed by atoms with van der Waals surface area (Å²) in [5.41, 5.74) is 0.649. The van der Waals surface area contributed by atoms with Crippen molar-refractivity contribution in [2.45, 2.75) is 25.0 Å². The Balaban J connectivity index is 1.87. The molecule has 0 saturated carbocycles. The van der Waals surface area contributed by atoms with Gasteiger partial charge in [0.2, 0.25) is 0 Å². The van der Waals surface area contributed by atoms with Gasteiger partial charge in [0.05, 0.1) is 17.6 Å². The standard InChI is InChI=1S/C24H22O7/c1-3-13-29-16-11-9-15(10-12-16)18-14-24(27,23(26)28-4-2)31-21-17-7-5-6-8-19(17)30-22(25)20(18)21/h3,5-12,18,27H,1,4,13-14H2,2H3/t18-,24?/m1/s1. The Morgan fingerprint density at radius 1 is 1.26 bits per heavy atom. The monoisotopic (exact) mass is 422 g/mol. The fraction of sp³-hybridized carbons (Fsp3) is 0.250. The second-order valence-electron chi connectivity index (χ2n) is 7.16. The first-order valence-electron chi connectivity index (χ1n) is 9.95. The van der Waals surface area contributed by atoms with Crippen molar-refractivity contribution in [1.82, 2.24) is 0 Å². The predicted octanol–water partition coefficient (Wildman–Crippen LogP) is 3.52. The van der Waals surface area contributed by atoms with Crippen molar-refractivity contribution in [3.05, 3.63) is 82.7 Å². The summed E-state index contributed by atoms with van der Waals surface area (Å²) in [7, 11) is 0. The van der Waals surface area contributed by atoms with Gasteiger partial charge >= 0.3 is 17.4 Å². The van der Waals surface area contributed by atoms with E-state index in [1.54, 1.807) is 61.5 Å². The number of rotatable bonds is 6. The van der Waals surface area contributed by atoms with Crippen LogP contribution in [0.5, 0.6) is 11.5 Å². The van der Waals surface area contributed by atoms with E-state index >= 15 is 0 Å². The molecule has 31 heavy (non-hydrogen) atoms. The number of fused-ring (bicyclic) bond motifs is 3. The number of carbonyl (C=O) groups is 1. The molecule has 0 saturated heterocycles. The second-order valence-corrected chi connectivity index (χ2v) is 7.16. The van der Waals surface area contributed by atoms with E-state index in [2.05, 4.69) is 6.58 Å². The van der Waals surface area contributed by atoms with Gasteiger partial charge < -0.3 is 23.7 Å². The third kappa shape index (κ3) is 3.80. The Morgan fingerprint density at radius 2 is 2.00 bits per heavy atom. The van der Waals surface area contributed by atoms with E-state index in [4.69, 9.17) is 18.6 Å². The maximum absolute atomic E-state index is 12.9. The summed E-state index contributed by atoms with van der Waals surface area (Å²) >= 11 is 0. The van der Waals surface area contributed by atoms with Crippen LogP contribution in [0, 0.1) is 0 Å². The van der Waals surface area contributed by atoms with Crippen molar-refractivity contribution in [3.8, 4) is 11.5 Å². The number of esters is 1. The zero-order chi connectivity index (χ0) is 22.0. The van der Waals surface area contributed by atoms with Gasteiger partial charge in [-0.15, -0.1) is 0 Å². The van der Waals surface area contributed by atoms with E-state index in [1.807, 2.05) is 0 Å². The van der Waals surface area contributed by atoms with Crippen LogP contribution in [0.1, 0.15) is 30.4 Å². The van der Waals surface area contributed by atoms with Gasteiger partial charge in [-0.1, -0.05) is 36.9 Å². The van der Waals surface area contributed by atoms with Gasteiger partial charge in [-0.25, -0.2) is 9.59 Å². The average Bonchev–Trinajstić information content (AvgIpc) is 2.77. The summed E-state index contributed by atoms with van der Waals surface area (Å²) in [5, 5.41) is 11.6. The summed E-state index contributed by atoms with van der Waals surface area (Å²) in [6.45, 7) is 5.70. The number of ether oxygens (including phenoxy) is 3. The van der Waals surface area contributed by atoms with Crippen LogP contribution in [0.15, 0.2) is 70.4 Å². The normalized spacial score (nSPS) is 19.9. The molecule has 0 radical (unpaired) electrons. The Morgan fingerprint density at radius 3 is 2.71 bits per heavy atom. The van der Waals surface area contributed by atoms with Crippen LogP contribution >= 0.6 is 0 Å². The average molecular weight is 422 g/mol. The summed E-state index contributed by atoms with van der Waals surface area (Å²) in [6, 6.07) is 13.9. The highest BCUT2D eigenvalue weighted by molar-refractivity contribution is 5.87. The summed E-state index contributed by atoms with van der Waals surface area (Å²) < 4.78 is 21.8. The molecular formula is C24H22O7. The van der Waals surface area contributed by atoms with E-state index in [9.17, 15) is 14.7 Å². The predicted molar refractivity (Wildman–Crippen MR) is 113 cm³/mol. The van der Waals surface area contributed by atoms with Crippen LogP contribution in [0.25, 0.3) is 11.0 Å². The molecule has 2 aromatic carbocycles. The highest BCUT2D eigenvalue weighted by atomic mass is 16.7. The van der Waals surface area contributed by atoms with E-state index in [1.165, 1.54) is 0 Å². The van der Waals surface area contributed by atoms with Gasteiger partial charge in [0, 0.05) is 12.3 Å². The molecule has 0 fully saturated rings. The molecule has 0 amide bonds. The third-order valence-corrected chi connectivity index (χ3v) is 5.14. The van der Waals surface area contributed by atoms with Crippen LogP contribution in [0.2, 0.25) is 0 Å². The zero-order valence-corrected chi connectivity index (χ0v) is 17.0. The summed E-state index contributed by atoms with van der Waals surface area (Å²) in [6.07, 6.45) is 1.44. The van der Waals surface area contributed by atoms with Gasteiger partial charge in [-0.2, -0.15) is 0 Å². The van der Waals surface area contributed by atoms with Crippen LogP contribution in [-0.2, 0) is 9.53 Å². The molecule has 0 aliphatic carbocycles. The van der Waals surface area contributed by atoms with Crippen molar-refractivity contribution < 1.29 is 28.5 Å². The molecule has 7 heteroatoms. The highest BCUT2D eigenvalue weighted by Crippen LogP contribution is 2.45. The van der Waals surface area contributed by atoms with Crippen LogP contribution < -0.4 is 15.1 Å². The molecule has 2 atom stereocenters. The van der Waals surface area contributed by atoms with Crippen molar-refractivity contribution in [3.63, 3.8) is 0 Å². The van der Waals surface area contributed by atoms with Crippen LogP contribution in [-0.4, -0.2) is 30.1 Å². The van der Waals surface area contributed by atoms with E-state index < -0.39 is 23.3 Å². The second kappa shape index (κ2) is 8.28. The number of hydrogen-bond donors (Lipinski definition) is 1. The lowest BCUT2D eigenvalue weighted by atomic mass is 9.83. The number of carbonyl (C=O) groups excluding carboxylic acids is 1. The third-order valence-electron chi connectivity index (χ3n) is 5.14. The molecule has 4 rings (SSSR count). The molecule has 0 bridgehead atoms. The van der Waals surface area contributed by atoms with E-state index in [0.717, 1.165) is 0 Å². The Labute approximate surface area is 178 Å². The summed E-state index contributed by atoms with van der Waals surface area (Å²) in [5.74, 6) is -3.07. The molecule has 1 unspecified atom stereocenters. The highest BCUT2D eigenvalue weighted by Gasteiger charge is 2.49. The van der Waals surface area contributed by atoms with Gasteiger partial charge in [0.25, 0.3) is 0 Å². The first kappa shape index (κ1) is 20.7. The minimum absolute atomic E-state index is 0.0784. The molecule has 160 valence electrons. The number of benzene rings is 2. The fourth-order valence-corrected chi connectivity index (χ4v) is 3.74. The molecule has 1 N–H and O–H groups in total. The first-order chi connectivity index (χ1) is 15.0.